The Balaban J connectivity index is 0.00000261. The van der Waals surface area contributed by atoms with Gasteiger partial charge in [0.2, 0.25) is 10.0 Å². The van der Waals surface area contributed by atoms with Crippen molar-refractivity contribution in [1.82, 2.24) is 15.9 Å². The number of hydrazine groups is 2. The fourth-order valence-corrected chi connectivity index (χ4v) is 4.29. The Hall–Kier alpha value is -1.56. The number of alkyl halides is 3. The summed E-state index contributed by atoms with van der Waals surface area (Å²) in [5, 5.41) is 3.20. The highest BCUT2D eigenvalue weighted by Crippen LogP contribution is 2.33. The molecular weight excluding hydrogens is 371 g/mol. The average molecular weight is 395 g/mol. The zero-order valence-electron chi connectivity index (χ0n) is 14.3. The maximum Gasteiger partial charge on any atom is 0.394 e. The summed E-state index contributed by atoms with van der Waals surface area (Å²) < 4.78 is 65.2. The number of benzene rings is 1. The van der Waals surface area contributed by atoms with Gasteiger partial charge in [-0.15, -0.1) is 0 Å². The molecule has 26 heavy (non-hydrogen) atoms. The molecule has 2 aliphatic rings. The highest BCUT2D eigenvalue weighted by atomic mass is 32.2. The summed E-state index contributed by atoms with van der Waals surface area (Å²) in [6.07, 6.45) is -4.00. The summed E-state index contributed by atoms with van der Waals surface area (Å²) in [6, 6.07) is 5.39. The first-order valence-corrected chi connectivity index (χ1v) is 9.96. The van der Waals surface area contributed by atoms with Gasteiger partial charge in [-0.25, -0.2) is 18.9 Å². The van der Waals surface area contributed by atoms with Gasteiger partial charge in [-0.05, 0) is 18.1 Å². The van der Waals surface area contributed by atoms with Crippen molar-refractivity contribution < 1.29 is 23.0 Å². The third-order valence-corrected chi connectivity index (χ3v) is 5.89. The zero-order valence-corrected chi connectivity index (χ0v) is 15.1. The van der Waals surface area contributed by atoms with E-state index in [1.165, 1.54) is 5.01 Å². The van der Waals surface area contributed by atoms with E-state index in [-0.39, 0.29) is 33.2 Å². The molecule has 0 amide bonds. The molecule has 7 nitrogen and oxygen atoms in total. The van der Waals surface area contributed by atoms with E-state index in [0.717, 1.165) is 11.3 Å². The van der Waals surface area contributed by atoms with Crippen molar-refractivity contribution in [2.24, 2.45) is 5.92 Å². The van der Waals surface area contributed by atoms with E-state index in [9.17, 15) is 21.6 Å². The predicted octanol–water partition coefficient (Wildman–Crippen LogP) is 1.52. The van der Waals surface area contributed by atoms with Gasteiger partial charge in [-0.1, -0.05) is 12.1 Å². The number of sulfonamides is 1. The maximum atomic E-state index is 12.6. The highest BCUT2D eigenvalue weighted by molar-refractivity contribution is 7.92. The van der Waals surface area contributed by atoms with Gasteiger partial charge in [0.1, 0.15) is 0 Å². The Bertz CT molecular complexity index is 762. The van der Waals surface area contributed by atoms with E-state index < -0.39 is 22.1 Å². The van der Waals surface area contributed by atoms with Gasteiger partial charge >= 0.3 is 6.18 Å². The molecule has 1 saturated heterocycles. The number of hydrogen-bond acceptors (Lipinski definition) is 6. The van der Waals surface area contributed by atoms with Crippen LogP contribution in [-0.2, 0) is 16.6 Å². The minimum Gasteiger partial charge on any atom is -0.309 e. The van der Waals surface area contributed by atoms with Crippen LogP contribution in [0.1, 0.15) is 13.4 Å². The molecule has 11 heteroatoms. The highest BCUT2D eigenvalue weighted by Gasteiger charge is 2.43. The van der Waals surface area contributed by atoms with Crippen LogP contribution in [0.5, 0.6) is 0 Å². The Morgan fingerprint density at radius 2 is 2.12 bits per heavy atom. The molecule has 0 spiro atoms. The van der Waals surface area contributed by atoms with Crippen LogP contribution < -0.4 is 20.6 Å². The fraction of sp³-hybridized carbons (Fsp3) is 0.600. The molecular formula is C15H24F3N5O2S. The molecule has 2 heterocycles. The van der Waals surface area contributed by atoms with Gasteiger partial charge < -0.3 is 5.01 Å². The molecule has 2 aliphatic heterocycles. The molecule has 3 N–H and O–H groups in total. The lowest BCUT2D eigenvalue weighted by atomic mass is 10.1. The molecule has 0 saturated carbocycles. The molecule has 1 aromatic carbocycles. The van der Waals surface area contributed by atoms with E-state index in [1.807, 2.05) is 6.07 Å². The summed E-state index contributed by atoms with van der Waals surface area (Å²) in [5.41, 5.74) is 8.04. The molecule has 0 radical (unpaired) electrons. The Morgan fingerprint density at radius 3 is 2.81 bits per heavy atom. The van der Waals surface area contributed by atoms with Crippen LogP contribution in [-0.4, -0.2) is 52.0 Å². The average Bonchev–Trinajstić information content (AvgIpc) is 3.14. The molecule has 1 atom stereocenters. The van der Waals surface area contributed by atoms with Crippen LogP contribution in [0.15, 0.2) is 18.2 Å². The standard InChI is InChI=1S/C15H22F3N5O2S.H2/c1-22-14-11(8-19-22)4-2-5-13(14)21-26(24,25)7-3-6-23-10-12(9-20-23)15(16,17)18;/h2,4-5,12,19-21H,3,6-10H2,1H3;1H. The van der Waals surface area contributed by atoms with Crippen LogP contribution in [0.2, 0.25) is 0 Å². The van der Waals surface area contributed by atoms with Crippen molar-refractivity contribution in [3.05, 3.63) is 23.8 Å². The van der Waals surface area contributed by atoms with Crippen molar-refractivity contribution in [3.8, 4) is 0 Å². The first kappa shape index (κ1) is 19.2. The molecule has 1 unspecified atom stereocenters. The number of nitrogens with one attached hydrogen (secondary N) is 3. The Morgan fingerprint density at radius 1 is 1.35 bits per heavy atom. The van der Waals surface area contributed by atoms with Crippen molar-refractivity contribution in [2.45, 2.75) is 19.1 Å². The summed E-state index contributed by atoms with van der Waals surface area (Å²) in [6.45, 7) is 0.549. The second-order valence-corrected chi connectivity index (χ2v) is 8.37. The zero-order chi connectivity index (χ0) is 18.9. The van der Waals surface area contributed by atoms with Gasteiger partial charge in [0.25, 0.3) is 0 Å². The van der Waals surface area contributed by atoms with Crippen molar-refractivity contribution in [2.75, 3.05) is 42.2 Å². The van der Waals surface area contributed by atoms with Crippen LogP contribution in [0.3, 0.4) is 0 Å². The van der Waals surface area contributed by atoms with Crippen molar-refractivity contribution in [3.63, 3.8) is 0 Å². The minimum absolute atomic E-state index is 0. The van der Waals surface area contributed by atoms with Crippen LogP contribution in [0.4, 0.5) is 24.5 Å². The van der Waals surface area contributed by atoms with Gasteiger partial charge in [0.05, 0.1) is 23.0 Å². The van der Waals surface area contributed by atoms with Gasteiger partial charge in [-0.2, -0.15) is 13.2 Å². The molecule has 0 aliphatic carbocycles. The van der Waals surface area contributed by atoms with Gasteiger partial charge in [0, 0.05) is 34.7 Å². The molecule has 3 rings (SSSR count). The summed E-state index contributed by atoms with van der Waals surface area (Å²) in [5.74, 6) is -1.57. The summed E-state index contributed by atoms with van der Waals surface area (Å²) in [7, 11) is -1.79. The van der Waals surface area contributed by atoms with Crippen molar-refractivity contribution in [1.29, 1.82) is 0 Å². The SMILES string of the molecule is CN1NCc2cccc(NS(=O)(=O)CCCN3CC(C(F)(F)F)CN3)c21.[HH]. The molecule has 1 fully saturated rings. The first-order chi connectivity index (χ1) is 12.2. The Kier molecular flexibility index (Phi) is 5.33. The van der Waals surface area contributed by atoms with Crippen LogP contribution >= 0.6 is 0 Å². The number of nitrogens with zero attached hydrogens (tertiary/aromatic N) is 2. The lowest BCUT2D eigenvalue weighted by molar-refractivity contribution is -0.167. The topological polar surface area (TPSA) is 76.7 Å². The van der Waals surface area contributed by atoms with E-state index >= 15 is 0 Å². The van der Waals surface area contributed by atoms with E-state index in [1.54, 1.807) is 24.2 Å². The summed E-state index contributed by atoms with van der Waals surface area (Å²) >= 11 is 0. The smallest absolute Gasteiger partial charge is 0.309 e. The lowest BCUT2D eigenvalue weighted by Crippen LogP contribution is -2.33. The van der Waals surface area contributed by atoms with Gasteiger partial charge in [-0.3, -0.25) is 10.1 Å². The quantitative estimate of drug-likeness (QED) is 0.678. The molecule has 148 valence electrons. The van der Waals surface area contributed by atoms with E-state index in [4.69, 9.17) is 0 Å². The number of hydrogen-bond donors (Lipinski definition) is 3. The van der Waals surface area contributed by atoms with Crippen LogP contribution in [0.25, 0.3) is 0 Å². The molecule has 0 bridgehead atoms. The number of para-hydroxylation sites is 1. The van der Waals surface area contributed by atoms with Gasteiger partial charge in [0.15, 0.2) is 0 Å². The second-order valence-electron chi connectivity index (χ2n) is 6.53. The minimum atomic E-state index is -4.23. The van der Waals surface area contributed by atoms with Crippen LogP contribution in [0, 0.1) is 5.92 Å². The largest absolute Gasteiger partial charge is 0.394 e. The Labute approximate surface area is 152 Å². The normalized spacial score (nSPS) is 21.2. The molecule has 1 aromatic rings. The number of halogens is 3. The fourth-order valence-electron chi connectivity index (χ4n) is 3.18. The maximum absolute atomic E-state index is 12.6. The number of fused-ring (bicyclic) bond motifs is 1. The third-order valence-electron chi connectivity index (χ3n) is 4.53. The second kappa shape index (κ2) is 7.22. The van der Waals surface area contributed by atoms with E-state index in [0.29, 0.717) is 12.2 Å². The lowest BCUT2D eigenvalue weighted by Gasteiger charge is -2.19. The monoisotopic (exact) mass is 395 g/mol. The molecule has 0 aromatic heterocycles. The van der Waals surface area contributed by atoms with E-state index in [2.05, 4.69) is 15.6 Å². The predicted molar refractivity (Wildman–Crippen MR) is 94.9 cm³/mol. The number of rotatable bonds is 6. The number of anilines is 2. The summed E-state index contributed by atoms with van der Waals surface area (Å²) in [4.78, 5) is 0. The van der Waals surface area contributed by atoms with Crippen molar-refractivity contribution >= 4 is 21.4 Å². The first-order valence-electron chi connectivity index (χ1n) is 8.30. The third kappa shape index (κ3) is 4.40.